The maximum absolute atomic E-state index is 9.02. The minimum absolute atomic E-state index is 2.22. The summed E-state index contributed by atoms with van der Waals surface area (Å²) >= 11 is 0. The Hall–Kier alpha value is -0.170. The van der Waals surface area contributed by atoms with Crippen molar-refractivity contribution in [3.63, 3.8) is 0 Å². The van der Waals surface area contributed by atoms with Gasteiger partial charge in [-0.1, -0.05) is 4.33 Å². The zero-order chi connectivity index (χ0) is 5.21. The molecule has 0 rings (SSSR count). The lowest BCUT2D eigenvalue weighted by Crippen LogP contribution is -1.96. The third-order valence-electron chi connectivity index (χ3n) is 0.0860. The van der Waals surface area contributed by atoms with Crippen LogP contribution in [0.5, 0.6) is 0 Å². The Morgan fingerprint density at radius 3 is 1.67 bits per heavy atom. The Balaban J connectivity index is 3.85. The number of hydrogen-bond donors (Lipinski definition) is 1. The molecule has 0 aromatic rings. The smallest absolute Gasteiger partial charge is 0.262 e. The fourth-order valence-electron chi connectivity index (χ4n) is 0. The highest BCUT2D eigenvalue weighted by molar-refractivity contribution is 7.80. The molecule has 6 heavy (non-hydrogen) atoms. The molecule has 0 aliphatic heterocycles. The van der Waals surface area contributed by atoms with Crippen LogP contribution >= 0.6 is 0 Å². The normalized spacial score (nSPS) is 11.7. The molecule has 0 heterocycles. The van der Waals surface area contributed by atoms with E-state index >= 15 is 0 Å². The minimum atomic E-state index is -4.72. The first kappa shape index (κ1) is 5.83. The average molecular weight is 113 g/mol. The Labute approximate surface area is 34.0 Å². The molecule has 5 nitrogen and oxygen atoms in total. The standard InChI is InChI=1S/HO5S/c1-5-6(2,3)4/h(H,2,3,4). The van der Waals surface area contributed by atoms with Crippen molar-refractivity contribution >= 4 is 10.4 Å². The maximum atomic E-state index is 9.02. The SMILES string of the molecule is [O]OS(=O)(=O)O. The molecule has 0 unspecified atom stereocenters. The van der Waals surface area contributed by atoms with Crippen molar-refractivity contribution in [2.75, 3.05) is 0 Å². The molecule has 0 atom stereocenters. The van der Waals surface area contributed by atoms with Crippen LogP contribution in [-0.4, -0.2) is 13.0 Å². The molecule has 0 aromatic carbocycles. The average Bonchev–Trinajstić information content (AvgIpc) is 1.35. The molecule has 37 valence electrons. The molecule has 0 fully saturated rings. The molecule has 0 bridgehead atoms. The van der Waals surface area contributed by atoms with Gasteiger partial charge in [0.1, 0.15) is 0 Å². The van der Waals surface area contributed by atoms with Crippen molar-refractivity contribution in [3.8, 4) is 0 Å². The van der Waals surface area contributed by atoms with Gasteiger partial charge >= 0.3 is 10.4 Å². The number of rotatable bonds is 1. The largest absolute Gasteiger partial charge is 0.426 e. The lowest BCUT2D eigenvalue weighted by Gasteiger charge is -1.76. The zero-order valence-electron chi connectivity index (χ0n) is 2.49. The molecule has 6 heteroatoms. The summed E-state index contributed by atoms with van der Waals surface area (Å²) in [6.07, 6.45) is 0. The summed E-state index contributed by atoms with van der Waals surface area (Å²) in [7, 11) is -4.72. The summed E-state index contributed by atoms with van der Waals surface area (Å²) < 4.78 is 27.5. The van der Waals surface area contributed by atoms with Crippen molar-refractivity contribution in [2.45, 2.75) is 0 Å². The number of hydrogen-bond acceptors (Lipinski definition) is 3. The zero-order valence-corrected chi connectivity index (χ0v) is 3.30. The van der Waals surface area contributed by atoms with Crippen LogP contribution in [0.25, 0.3) is 0 Å². The first-order valence-corrected chi connectivity index (χ1v) is 2.21. The van der Waals surface area contributed by atoms with E-state index in [0.717, 1.165) is 0 Å². The van der Waals surface area contributed by atoms with E-state index in [-0.39, 0.29) is 0 Å². The van der Waals surface area contributed by atoms with E-state index in [9.17, 15) is 0 Å². The van der Waals surface area contributed by atoms with E-state index in [1.807, 2.05) is 0 Å². The van der Waals surface area contributed by atoms with E-state index in [1.165, 1.54) is 0 Å². The van der Waals surface area contributed by atoms with Gasteiger partial charge in [0.25, 0.3) is 0 Å². The van der Waals surface area contributed by atoms with E-state index in [4.69, 9.17) is 18.2 Å². The maximum Gasteiger partial charge on any atom is 0.426 e. The van der Waals surface area contributed by atoms with Gasteiger partial charge in [-0.05, 0) is 5.26 Å². The van der Waals surface area contributed by atoms with E-state index in [2.05, 4.69) is 4.33 Å². The van der Waals surface area contributed by atoms with Crippen LogP contribution in [0.3, 0.4) is 0 Å². The molecule has 0 aliphatic carbocycles. The lowest BCUT2D eigenvalue weighted by atomic mass is 15.0. The quantitative estimate of drug-likeness (QED) is 0.273. The summed E-state index contributed by atoms with van der Waals surface area (Å²) in [5.74, 6) is 0. The van der Waals surface area contributed by atoms with Crippen LogP contribution in [0.4, 0.5) is 0 Å². The van der Waals surface area contributed by atoms with Gasteiger partial charge in [0.15, 0.2) is 0 Å². The highest BCUT2D eigenvalue weighted by atomic mass is 32.3. The van der Waals surface area contributed by atoms with Crippen LogP contribution < -0.4 is 0 Å². The van der Waals surface area contributed by atoms with E-state index < -0.39 is 10.4 Å². The molecule has 1 N–H and O–H groups in total. The van der Waals surface area contributed by atoms with Crippen molar-refractivity contribution in [1.29, 1.82) is 0 Å². The van der Waals surface area contributed by atoms with Gasteiger partial charge in [0, 0.05) is 0 Å². The Bertz CT molecular complexity index is 106. The van der Waals surface area contributed by atoms with E-state index in [0.29, 0.717) is 0 Å². The van der Waals surface area contributed by atoms with Crippen LogP contribution in [0.1, 0.15) is 0 Å². The molecule has 0 aliphatic rings. The third kappa shape index (κ3) is 3.83. The van der Waals surface area contributed by atoms with Gasteiger partial charge in [-0.2, -0.15) is 8.42 Å². The Morgan fingerprint density at radius 1 is 1.50 bits per heavy atom. The second-order valence-electron chi connectivity index (χ2n) is 0.496. The minimum Gasteiger partial charge on any atom is -0.262 e. The fraction of sp³-hybridized carbons (Fsp3) is 0. The monoisotopic (exact) mass is 113 g/mol. The van der Waals surface area contributed by atoms with Crippen molar-refractivity contribution < 1.29 is 22.6 Å². The summed E-state index contributed by atoms with van der Waals surface area (Å²) in [5.41, 5.74) is 0. The predicted octanol–water partition coefficient (Wildman–Crippen LogP) is -0.849. The van der Waals surface area contributed by atoms with Gasteiger partial charge in [0.2, 0.25) is 0 Å². The summed E-state index contributed by atoms with van der Waals surface area (Å²) in [5, 5.41) is 8.61. The van der Waals surface area contributed by atoms with Crippen LogP contribution in [0, 0.1) is 0 Å². The van der Waals surface area contributed by atoms with E-state index in [1.54, 1.807) is 0 Å². The highest BCUT2D eigenvalue weighted by Gasteiger charge is 1.99. The molecular weight excluding hydrogens is 112 g/mol. The lowest BCUT2D eigenvalue weighted by molar-refractivity contribution is -0.209. The first-order valence-electron chi connectivity index (χ1n) is 0.849. The molecule has 0 saturated carbocycles. The second-order valence-corrected chi connectivity index (χ2v) is 1.49. The predicted molar refractivity (Wildman–Crippen MR) is 13.3 cm³/mol. The molecule has 0 spiro atoms. The third-order valence-corrected chi connectivity index (χ3v) is 0.258. The molecule has 1 radical (unpaired) electrons. The van der Waals surface area contributed by atoms with Crippen LogP contribution in [0.2, 0.25) is 0 Å². The van der Waals surface area contributed by atoms with Crippen LogP contribution in [-0.2, 0) is 20.0 Å². The van der Waals surface area contributed by atoms with Crippen molar-refractivity contribution in [1.82, 2.24) is 0 Å². The van der Waals surface area contributed by atoms with Crippen LogP contribution in [0.15, 0.2) is 0 Å². The first-order chi connectivity index (χ1) is 2.56. The highest BCUT2D eigenvalue weighted by Crippen LogP contribution is 1.75. The fourth-order valence-corrected chi connectivity index (χ4v) is 0. The van der Waals surface area contributed by atoms with Gasteiger partial charge in [-0.25, -0.2) is 0 Å². The Kier molecular flexibility index (Phi) is 1.48. The van der Waals surface area contributed by atoms with Gasteiger partial charge in [-0.15, -0.1) is 0 Å². The summed E-state index contributed by atoms with van der Waals surface area (Å²) in [4.78, 5) is 0. The van der Waals surface area contributed by atoms with Crippen molar-refractivity contribution in [3.05, 3.63) is 0 Å². The second kappa shape index (κ2) is 1.52. The topological polar surface area (TPSA) is 83.5 Å². The van der Waals surface area contributed by atoms with Gasteiger partial charge in [-0.3, -0.25) is 4.55 Å². The summed E-state index contributed by atoms with van der Waals surface area (Å²) in [6.45, 7) is 0. The van der Waals surface area contributed by atoms with Gasteiger partial charge in [0.05, 0.1) is 0 Å². The van der Waals surface area contributed by atoms with Gasteiger partial charge < -0.3 is 0 Å². The van der Waals surface area contributed by atoms with Crippen molar-refractivity contribution in [2.24, 2.45) is 0 Å². The molecule has 0 aromatic heterocycles. The summed E-state index contributed by atoms with van der Waals surface area (Å²) in [6, 6.07) is 0. The Morgan fingerprint density at radius 2 is 1.67 bits per heavy atom. The molecule has 0 amide bonds. The molecule has 0 saturated heterocycles. The molecular formula is HO5S.